The van der Waals surface area contributed by atoms with Crippen LogP contribution in [0.1, 0.15) is 12.8 Å². The zero-order valence-electron chi connectivity index (χ0n) is 19.9. The van der Waals surface area contributed by atoms with Crippen molar-refractivity contribution in [3.05, 3.63) is 54.6 Å². The minimum absolute atomic E-state index is 0.0327. The van der Waals surface area contributed by atoms with Gasteiger partial charge in [-0.25, -0.2) is 0 Å². The van der Waals surface area contributed by atoms with Crippen molar-refractivity contribution in [2.75, 3.05) is 48.0 Å². The molecule has 190 valence electrons. The van der Waals surface area contributed by atoms with Crippen molar-refractivity contribution in [1.82, 2.24) is 5.32 Å². The summed E-state index contributed by atoms with van der Waals surface area (Å²) in [5, 5.41) is 5.49. The van der Waals surface area contributed by atoms with E-state index in [1.54, 1.807) is 42.5 Å². The van der Waals surface area contributed by atoms with Gasteiger partial charge in [0.15, 0.2) is 12.0 Å². The van der Waals surface area contributed by atoms with Crippen molar-refractivity contribution < 1.29 is 19.1 Å². The summed E-state index contributed by atoms with van der Waals surface area (Å²) in [4.78, 5) is 47.2. The average molecular weight is 494 g/mol. The lowest BCUT2D eigenvalue weighted by atomic mass is 10.0. The van der Waals surface area contributed by atoms with Gasteiger partial charge in [-0.2, -0.15) is 0 Å². The first-order valence-corrected chi connectivity index (χ1v) is 11.9. The number of rotatable bonds is 8. The zero-order chi connectivity index (χ0) is 25.5. The average Bonchev–Trinajstić information content (AvgIpc) is 2.89. The first-order valence-electron chi connectivity index (χ1n) is 11.9. The number of nitrogens with two attached hydrogens (primary N) is 2. The molecule has 2 aromatic rings. The fourth-order valence-electron chi connectivity index (χ4n) is 4.31. The SMILES string of the molecule is NC(N)=NCCCC1NC(=O)C(C(=O)Nc2ccc(N3CCOCC3)cc2)N(c2ccccc2)C1=O. The van der Waals surface area contributed by atoms with Gasteiger partial charge < -0.3 is 31.7 Å². The summed E-state index contributed by atoms with van der Waals surface area (Å²) in [6.07, 6.45) is 0.825. The Morgan fingerprint density at radius 2 is 1.72 bits per heavy atom. The lowest BCUT2D eigenvalue weighted by Gasteiger charge is -2.38. The van der Waals surface area contributed by atoms with E-state index in [1.165, 1.54) is 4.90 Å². The molecule has 2 saturated heterocycles. The number of anilines is 3. The molecule has 2 atom stereocenters. The largest absolute Gasteiger partial charge is 0.378 e. The van der Waals surface area contributed by atoms with Crippen molar-refractivity contribution in [3.8, 4) is 0 Å². The molecular formula is C25H31N7O4. The van der Waals surface area contributed by atoms with E-state index in [4.69, 9.17) is 16.2 Å². The number of benzene rings is 2. The number of morpholine rings is 1. The molecule has 0 bridgehead atoms. The highest BCUT2D eigenvalue weighted by atomic mass is 16.5. The molecule has 4 rings (SSSR count). The highest BCUT2D eigenvalue weighted by molar-refractivity contribution is 6.21. The number of carbonyl (C=O) groups is 3. The van der Waals surface area contributed by atoms with Crippen LogP contribution in [-0.4, -0.2) is 68.6 Å². The Morgan fingerprint density at radius 1 is 1.03 bits per heavy atom. The van der Waals surface area contributed by atoms with E-state index >= 15 is 0 Å². The van der Waals surface area contributed by atoms with Crippen molar-refractivity contribution in [2.24, 2.45) is 16.5 Å². The number of nitrogens with one attached hydrogen (secondary N) is 2. The zero-order valence-corrected chi connectivity index (χ0v) is 19.9. The molecule has 0 radical (unpaired) electrons. The number of piperazine rings is 1. The Hall–Kier alpha value is -4.12. The molecule has 3 amide bonds. The van der Waals surface area contributed by atoms with Gasteiger partial charge in [0.05, 0.1) is 13.2 Å². The molecule has 2 aromatic carbocycles. The van der Waals surface area contributed by atoms with E-state index in [0.29, 0.717) is 44.0 Å². The van der Waals surface area contributed by atoms with Crippen LogP contribution in [0.5, 0.6) is 0 Å². The number of carbonyl (C=O) groups excluding carboxylic acids is 3. The second-order valence-electron chi connectivity index (χ2n) is 8.59. The van der Waals surface area contributed by atoms with Gasteiger partial charge in [-0.15, -0.1) is 0 Å². The molecule has 2 fully saturated rings. The normalized spacial score (nSPS) is 20.0. The number of ether oxygens (including phenoxy) is 1. The minimum atomic E-state index is -1.35. The lowest BCUT2D eigenvalue weighted by Crippen LogP contribution is -2.67. The predicted octanol–water partition coefficient (Wildman–Crippen LogP) is 0.416. The van der Waals surface area contributed by atoms with E-state index in [0.717, 1.165) is 18.8 Å². The van der Waals surface area contributed by atoms with Crippen LogP contribution in [0.3, 0.4) is 0 Å². The molecule has 0 spiro atoms. The third-order valence-electron chi connectivity index (χ3n) is 6.10. The summed E-state index contributed by atoms with van der Waals surface area (Å²) in [6, 6.07) is 13.9. The van der Waals surface area contributed by atoms with E-state index in [-0.39, 0.29) is 11.9 Å². The predicted molar refractivity (Wildman–Crippen MR) is 138 cm³/mol. The molecule has 0 saturated carbocycles. The van der Waals surface area contributed by atoms with Crippen LogP contribution < -0.4 is 31.9 Å². The van der Waals surface area contributed by atoms with Crippen molar-refractivity contribution in [3.63, 3.8) is 0 Å². The number of guanidine groups is 1. The summed E-state index contributed by atoms with van der Waals surface area (Å²) in [5.74, 6) is -1.54. The Kier molecular flexibility index (Phi) is 8.01. The number of hydrogen-bond donors (Lipinski definition) is 4. The van der Waals surface area contributed by atoms with E-state index in [9.17, 15) is 14.4 Å². The molecule has 2 aliphatic heterocycles. The Balaban J connectivity index is 1.49. The van der Waals surface area contributed by atoms with Gasteiger partial charge in [-0.05, 0) is 49.2 Å². The lowest BCUT2D eigenvalue weighted by molar-refractivity contribution is -0.138. The molecule has 2 aliphatic rings. The first kappa shape index (κ1) is 25.0. The van der Waals surface area contributed by atoms with Gasteiger partial charge in [0, 0.05) is 36.7 Å². The summed E-state index contributed by atoms with van der Waals surface area (Å²) < 4.78 is 5.39. The maximum absolute atomic E-state index is 13.4. The minimum Gasteiger partial charge on any atom is -0.378 e. The van der Waals surface area contributed by atoms with Crippen LogP contribution >= 0.6 is 0 Å². The Morgan fingerprint density at radius 3 is 2.39 bits per heavy atom. The van der Waals surface area contributed by atoms with Gasteiger partial charge in [0.1, 0.15) is 6.04 Å². The van der Waals surface area contributed by atoms with Gasteiger partial charge in [0.2, 0.25) is 0 Å². The van der Waals surface area contributed by atoms with Crippen LogP contribution in [0.25, 0.3) is 0 Å². The van der Waals surface area contributed by atoms with Crippen molar-refractivity contribution in [1.29, 1.82) is 0 Å². The summed E-state index contributed by atoms with van der Waals surface area (Å²) >= 11 is 0. The quantitative estimate of drug-likeness (QED) is 0.180. The Bertz CT molecular complexity index is 1100. The molecule has 36 heavy (non-hydrogen) atoms. The molecule has 11 heteroatoms. The molecule has 11 nitrogen and oxygen atoms in total. The van der Waals surface area contributed by atoms with Crippen LogP contribution in [0, 0.1) is 0 Å². The third kappa shape index (κ3) is 5.92. The van der Waals surface area contributed by atoms with Crippen LogP contribution in [0.4, 0.5) is 17.1 Å². The van der Waals surface area contributed by atoms with Gasteiger partial charge in [0.25, 0.3) is 17.7 Å². The maximum atomic E-state index is 13.4. The second-order valence-corrected chi connectivity index (χ2v) is 8.59. The molecule has 6 N–H and O–H groups in total. The maximum Gasteiger partial charge on any atom is 0.257 e. The topological polar surface area (TPSA) is 155 Å². The third-order valence-corrected chi connectivity index (χ3v) is 6.10. The van der Waals surface area contributed by atoms with E-state index < -0.39 is 23.9 Å². The fraction of sp³-hybridized carbons (Fsp3) is 0.360. The van der Waals surface area contributed by atoms with Crippen LogP contribution in [-0.2, 0) is 19.1 Å². The number of hydrogen-bond acceptors (Lipinski definition) is 6. The molecule has 2 heterocycles. The van der Waals surface area contributed by atoms with E-state index in [2.05, 4.69) is 20.5 Å². The first-order chi connectivity index (χ1) is 17.4. The molecule has 0 aromatic heterocycles. The Labute approximate surface area is 209 Å². The highest BCUT2D eigenvalue weighted by Gasteiger charge is 2.45. The van der Waals surface area contributed by atoms with Gasteiger partial charge >= 0.3 is 0 Å². The fourth-order valence-corrected chi connectivity index (χ4v) is 4.31. The monoisotopic (exact) mass is 493 g/mol. The number of para-hydroxylation sites is 1. The number of nitrogens with zero attached hydrogens (tertiary/aromatic N) is 3. The van der Waals surface area contributed by atoms with Crippen molar-refractivity contribution in [2.45, 2.75) is 24.9 Å². The summed E-state index contributed by atoms with van der Waals surface area (Å²) in [5.41, 5.74) is 12.7. The molecule has 0 aliphatic carbocycles. The van der Waals surface area contributed by atoms with Crippen LogP contribution in [0.2, 0.25) is 0 Å². The smallest absolute Gasteiger partial charge is 0.257 e. The summed E-state index contributed by atoms with van der Waals surface area (Å²) in [6.45, 7) is 3.28. The van der Waals surface area contributed by atoms with Gasteiger partial charge in [-0.3, -0.25) is 24.3 Å². The summed E-state index contributed by atoms with van der Waals surface area (Å²) in [7, 11) is 0. The molecular weight excluding hydrogens is 462 g/mol. The van der Waals surface area contributed by atoms with Crippen LogP contribution in [0.15, 0.2) is 59.6 Å². The number of aliphatic imine (C=N–C) groups is 1. The van der Waals surface area contributed by atoms with E-state index in [1.807, 2.05) is 12.1 Å². The second kappa shape index (κ2) is 11.5. The van der Waals surface area contributed by atoms with Crippen molar-refractivity contribution >= 4 is 40.7 Å². The van der Waals surface area contributed by atoms with Gasteiger partial charge in [-0.1, -0.05) is 18.2 Å². The highest BCUT2D eigenvalue weighted by Crippen LogP contribution is 2.25. The standard InChI is InChI=1S/C25H31N7O4/c26-25(27)28-12-4-7-20-24(35)32(19-5-2-1-3-6-19)21(23(34)30-20)22(33)29-17-8-10-18(11-9-17)31-13-15-36-16-14-31/h1-3,5-6,8-11,20-21H,4,7,12-16H2,(H,29,33)(H,30,34)(H4,26,27,28). The molecule has 2 unspecified atom stereocenters. The number of amides is 3.